The summed E-state index contributed by atoms with van der Waals surface area (Å²) < 4.78 is 0. The molecule has 1 aliphatic rings. The van der Waals surface area contributed by atoms with Crippen molar-refractivity contribution in [3.8, 4) is 0 Å². The van der Waals surface area contributed by atoms with Crippen molar-refractivity contribution in [1.82, 2.24) is 19.8 Å². The molecule has 25 heavy (non-hydrogen) atoms. The summed E-state index contributed by atoms with van der Waals surface area (Å²) in [6.45, 7) is 10.5. The lowest BCUT2D eigenvalue weighted by Gasteiger charge is -2.34. The molecule has 5 heteroatoms. The van der Waals surface area contributed by atoms with Crippen LogP contribution in [0.15, 0.2) is 36.7 Å². The lowest BCUT2D eigenvalue weighted by atomic mass is 10.0. The summed E-state index contributed by atoms with van der Waals surface area (Å²) in [7, 11) is 0. The summed E-state index contributed by atoms with van der Waals surface area (Å²) in [6.07, 6.45) is 3.21. The largest absolute Gasteiger partial charge is 0.335 e. The number of hydrogen-bond donors (Lipinski definition) is 0. The molecule has 0 bridgehead atoms. The number of rotatable bonds is 4. The van der Waals surface area contributed by atoms with Crippen LogP contribution < -0.4 is 0 Å². The van der Waals surface area contributed by atoms with Gasteiger partial charge in [-0.3, -0.25) is 14.7 Å². The third-order valence-corrected chi connectivity index (χ3v) is 4.71. The molecule has 0 unspecified atom stereocenters. The number of nitrogens with zero attached hydrogens (tertiary/aromatic N) is 4. The van der Waals surface area contributed by atoms with Crippen LogP contribution in [0, 0.1) is 6.92 Å². The molecule has 0 aliphatic carbocycles. The molecule has 0 atom stereocenters. The number of piperazine rings is 1. The Morgan fingerprint density at radius 1 is 1.04 bits per heavy atom. The van der Waals surface area contributed by atoms with Crippen molar-refractivity contribution >= 4 is 5.91 Å². The number of carbonyl (C=O) groups excluding carboxylic acids is 1. The van der Waals surface area contributed by atoms with Crippen LogP contribution in [0.1, 0.15) is 47.1 Å². The molecule has 0 saturated carbocycles. The molecule has 0 spiro atoms. The second kappa shape index (κ2) is 7.74. The zero-order valence-electron chi connectivity index (χ0n) is 15.3. The van der Waals surface area contributed by atoms with E-state index in [0.29, 0.717) is 11.6 Å². The lowest BCUT2D eigenvalue weighted by Crippen LogP contribution is -2.48. The Morgan fingerprint density at radius 3 is 2.28 bits per heavy atom. The fourth-order valence-electron chi connectivity index (χ4n) is 3.04. The van der Waals surface area contributed by atoms with Crippen LogP contribution in [-0.2, 0) is 6.54 Å². The van der Waals surface area contributed by atoms with Gasteiger partial charge in [0.1, 0.15) is 5.69 Å². The van der Waals surface area contributed by atoms with Gasteiger partial charge in [0, 0.05) is 38.9 Å². The van der Waals surface area contributed by atoms with Crippen LogP contribution in [0.5, 0.6) is 0 Å². The fraction of sp³-hybridized carbons (Fsp3) is 0.450. The standard InChI is InChI=1S/C20H26N4O/c1-15(2)18-6-4-17(5-7-18)14-23-8-10-24(11-9-23)20(25)19-13-21-16(3)12-22-19/h4-7,12-13,15H,8-11,14H2,1-3H3. The van der Waals surface area contributed by atoms with Gasteiger partial charge in [0.05, 0.1) is 11.9 Å². The van der Waals surface area contributed by atoms with Gasteiger partial charge in [-0.2, -0.15) is 0 Å². The molecule has 132 valence electrons. The molecule has 1 aromatic heterocycles. The van der Waals surface area contributed by atoms with Gasteiger partial charge in [0.25, 0.3) is 5.91 Å². The van der Waals surface area contributed by atoms with Gasteiger partial charge < -0.3 is 4.90 Å². The maximum absolute atomic E-state index is 12.5. The Labute approximate surface area is 149 Å². The third-order valence-electron chi connectivity index (χ3n) is 4.71. The first kappa shape index (κ1) is 17.5. The average Bonchev–Trinajstić information content (AvgIpc) is 2.63. The predicted octanol–water partition coefficient (Wildman–Crippen LogP) is 2.87. The van der Waals surface area contributed by atoms with Crippen molar-refractivity contribution in [2.45, 2.75) is 33.2 Å². The van der Waals surface area contributed by atoms with Crippen LogP contribution in [0.2, 0.25) is 0 Å². The molecule has 0 N–H and O–H groups in total. The maximum atomic E-state index is 12.5. The van der Waals surface area contributed by atoms with E-state index in [0.717, 1.165) is 38.4 Å². The zero-order valence-corrected chi connectivity index (χ0v) is 15.3. The minimum atomic E-state index is -0.0200. The van der Waals surface area contributed by atoms with E-state index >= 15 is 0 Å². The summed E-state index contributed by atoms with van der Waals surface area (Å²) >= 11 is 0. The summed E-state index contributed by atoms with van der Waals surface area (Å²) in [6, 6.07) is 8.87. The minimum absolute atomic E-state index is 0.0200. The van der Waals surface area contributed by atoms with E-state index < -0.39 is 0 Å². The lowest BCUT2D eigenvalue weighted by molar-refractivity contribution is 0.0622. The third kappa shape index (κ3) is 4.42. The van der Waals surface area contributed by atoms with E-state index in [1.54, 1.807) is 12.4 Å². The second-order valence-corrected chi connectivity index (χ2v) is 7.01. The Bertz CT molecular complexity index is 701. The van der Waals surface area contributed by atoms with Crippen molar-refractivity contribution in [1.29, 1.82) is 0 Å². The van der Waals surface area contributed by atoms with Crippen LogP contribution in [-0.4, -0.2) is 51.9 Å². The average molecular weight is 338 g/mol. The highest BCUT2D eigenvalue weighted by molar-refractivity contribution is 5.92. The quantitative estimate of drug-likeness (QED) is 0.860. The van der Waals surface area contributed by atoms with Crippen LogP contribution in [0.4, 0.5) is 0 Å². The van der Waals surface area contributed by atoms with E-state index in [1.165, 1.54) is 11.1 Å². The van der Waals surface area contributed by atoms with Crippen molar-refractivity contribution in [2.75, 3.05) is 26.2 Å². The SMILES string of the molecule is Cc1cnc(C(=O)N2CCN(Cc3ccc(C(C)C)cc3)CC2)cn1. The molecule has 2 heterocycles. The molecule has 0 radical (unpaired) electrons. The number of aromatic nitrogens is 2. The van der Waals surface area contributed by atoms with E-state index in [2.05, 4.69) is 53.0 Å². The molecule has 5 nitrogen and oxygen atoms in total. The Kier molecular flexibility index (Phi) is 5.43. The summed E-state index contributed by atoms with van der Waals surface area (Å²) in [4.78, 5) is 25.1. The number of amides is 1. The molecular weight excluding hydrogens is 312 g/mol. The normalized spacial score (nSPS) is 15.6. The summed E-state index contributed by atoms with van der Waals surface area (Å²) in [5, 5.41) is 0. The zero-order chi connectivity index (χ0) is 17.8. The van der Waals surface area contributed by atoms with Gasteiger partial charge >= 0.3 is 0 Å². The Hall–Kier alpha value is -2.27. The maximum Gasteiger partial charge on any atom is 0.274 e. The first-order valence-corrected chi connectivity index (χ1v) is 8.92. The van der Waals surface area contributed by atoms with Crippen molar-refractivity contribution in [3.05, 3.63) is 59.2 Å². The second-order valence-electron chi connectivity index (χ2n) is 7.01. The van der Waals surface area contributed by atoms with Gasteiger partial charge in [0.15, 0.2) is 0 Å². The van der Waals surface area contributed by atoms with E-state index in [-0.39, 0.29) is 5.91 Å². The van der Waals surface area contributed by atoms with Crippen LogP contribution in [0.3, 0.4) is 0 Å². The minimum Gasteiger partial charge on any atom is -0.335 e. The molecule has 1 aliphatic heterocycles. The molecule has 1 fully saturated rings. The van der Waals surface area contributed by atoms with Gasteiger partial charge in [-0.15, -0.1) is 0 Å². The van der Waals surface area contributed by atoms with E-state index in [4.69, 9.17) is 0 Å². The highest BCUT2D eigenvalue weighted by Crippen LogP contribution is 2.16. The number of carbonyl (C=O) groups is 1. The molecule has 1 aromatic carbocycles. The molecule has 3 rings (SSSR count). The van der Waals surface area contributed by atoms with Gasteiger partial charge in [-0.05, 0) is 24.0 Å². The van der Waals surface area contributed by atoms with Crippen LogP contribution in [0.25, 0.3) is 0 Å². The molecular formula is C20H26N4O. The Morgan fingerprint density at radius 2 is 1.72 bits per heavy atom. The first-order chi connectivity index (χ1) is 12.0. The Balaban J connectivity index is 1.53. The van der Waals surface area contributed by atoms with Crippen molar-refractivity contribution in [3.63, 3.8) is 0 Å². The van der Waals surface area contributed by atoms with Crippen molar-refractivity contribution < 1.29 is 4.79 Å². The highest BCUT2D eigenvalue weighted by Gasteiger charge is 2.23. The van der Waals surface area contributed by atoms with Crippen molar-refractivity contribution in [2.24, 2.45) is 0 Å². The first-order valence-electron chi connectivity index (χ1n) is 8.92. The smallest absolute Gasteiger partial charge is 0.274 e. The van der Waals surface area contributed by atoms with E-state index in [1.807, 2.05) is 11.8 Å². The van der Waals surface area contributed by atoms with Gasteiger partial charge in [-0.1, -0.05) is 38.1 Å². The number of benzene rings is 1. The van der Waals surface area contributed by atoms with Gasteiger partial charge in [0.2, 0.25) is 0 Å². The molecule has 1 saturated heterocycles. The summed E-state index contributed by atoms with van der Waals surface area (Å²) in [5.41, 5.74) is 3.96. The molecule has 1 amide bonds. The van der Waals surface area contributed by atoms with E-state index in [9.17, 15) is 4.79 Å². The predicted molar refractivity (Wildman–Crippen MR) is 98.5 cm³/mol. The highest BCUT2D eigenvalue weighted by atomic mass is 16.2. The number of aryl methyl sites for hydroxylation is 1. The topological polar surface area (TPSA) is 49.3 Å². The molecule has 2 aromatic rings. The monoisotopic (exact) mass is 338 g/mol. The van der Waals surface area contributed by atoms with Crippen LogP contribution >= 0.6 is 0 Å². The number of hydrogen-bond acceptors (Lipinski definition) is 4. The summed E-state index contributed by atoms with van der Waals surface area (Å²) in [5.74, 6) is 0.543. The van der Waals surface area contributed by atoms with Gasteiger partial charge in [-0.25, -0.2) is 4.98 Å². The fourth-order valence-corrected chi connectivity index (χ4v) is 3.04.